The van der Waals surface area contributed by atoms with E-state index in [1.807, 2.05) is 39.8 Å². The maximum atomic E-state index is 12.1. The van der Waals surface area contributed by atoms with E-state index in [1.165, 1.54) is 0 Å². The molecule has 1 rings (SSSR count). The molecule has 0 aromatic heterocycles. The minimum Gasteiger partial charge on any atom is -0.434 e. The Kier molecular flexibility index (Phi) is 6.70. The molecule has 0 aliphatic carbocycles. The smallest absolute Gasteiger partial charge is 0.387 e. The van der Waals surface area contributed by atoms with Gasteiger partial charge in [0.1, 0.15) is 5.75 Å². The number of benzene rings is 1. The van der Waals surface area contributed by atoms with Crippen LogP contribution in [0.1, 0.15) is 44.7 Å². The van der Waals surface area contributed by atoms with E-state index in [4.69, 9.17) is 0 Å². The van der Waals surface area contributed by atoms with Crippen LogP contribution >= 0.6 is 0 Å². The van der Waals surface area contributed by atoms with E-state index in [-0.39, 0.29) is 5.92 Å². The summed E-state index contributed by atoms with van der Waals surface area (Å²) in [7, 11) is 0. The fourth-order valence-corrected chi connectivity index (χ4v) is 1.38. The highest BCUT2D eigenvalue weighted by Gasteiger charge is 2.13. The molecule has 0 heterocycles. The van der Waals surface area contributed by atoms with Crippen LogP contribution in [0.25, 0.3) is 0 Å². The monoisotopic (exact) mass is 230 g/mol. The second-order valence-corrected chi connectivity index (χ2v) is 3.53. The summed E-state index contributed by atoms with van der Waals surface area (Å²) in [5.74, 6) is 0.501. The van der Waals surface area contributed by atoms with Crippen LogP contribution in [0.3, 0.4) is 0 Å². The maximum absolute atomic E-state index is 12.1. The van der Waals surface area contributed by atoms with E-state index in [1.54, 1.807) is 13.0 Å². The summed E-state index contributed by atoms with van der Waals surface area (Å²) < 4.78 is 28.7. The molecule has 0 radical (unpaired) electrons. The molecule has 0 fully saturated rings. The van der Waals surface area contributed by atoms with Crippen molar-refractivity contribution in [1.29, 1.82) is 0 Å². The molecule has 0 N–H and O–H groups in total. The van der Waals surface area contributed by atoms with Crippen molar-refractivity contribution < 1.29 is 13.5 Å². The molecule has 1 aromatic carbocycles. The molecule has 0 aliphatic heterocycles. The number of aryl methyl sites for hydroxylation is 1. The minimum absolute atomic E-state index is 0.184. The van der Waals surface area contributed by atoms with Crippen LogP contribution in [0.15, 0.2) is 18.2 Å². The Morgan fingerprint density at radius 2 is 1.69 bits per heavy atom. The molecule has 1 nitrogen and oxygen atoms in total. The predicted molar refractivity (Wildman–Crippen MR) is 63.2 cm³/mol. The van der Waals surface area contributed by atoms with Crippen molar-refractivity contribution in [3.05, 3.63) is 29.3 Å². The van der Waals surface area contributed by atoms with Crippen molar-refractivity contribution >= 4 is 0 Å². The van der Waals surface area contributed by atoms with Crippen molar-refractivity contribution in [3.63, 3.8) is 0 Å². The van der Waals surface area contributed by atoms with Gasteiger partial charge in [-0.1, -0.05) is 45.9 Å². The molecule has 0 spiro atoms. The van der Waals surface area contributed by atoms with Gasteiger partial charge in [0.2, 0.25) is 0 Å². The van der Waals surface area contributed by atoms with Crippen molar-refractivity contribution in [3.8, 4) is 5.75 Å². The number of hydrogen-bond donors (Lipinski definition) is 0. The van der Waals surface area contributed by atoms with Gasteiger partial charge >= 0.3 is 6.61 Å². The van der Waals surface area contributed by atoms with Crippen molar-refractivity contribution in [2.75, 3.05) is 0 Å². The number of para-hydroxylation sites is 1. The first-order chi connectivity index (χ1) is 7.52. The van der Waals surface area contributed by atoms with Crippen LogP contribution < -0.4 is 4.74 Å². The average molecular weight is 230 g/mol. The van der Waals surface area contributed by atoms with E-state index in [2.05, 4.69) is 4.74 Å². The number of ether oxygens (including phenoxy) is 1. The fraction of sp³-hybridized carbons (Fsp3) is 0.538. The van der Waals surface area contributed by atoms with E-state index in [9.17, 15) is 8.78 Å². The Hall–Kier alpha value is -1.12. The number of halogens is 2. The number of hydrogen-bond acceptors (Lipinski definition) is 1. The van der Waals surface area contributed by atoms with Gasteiger partial charge in [0.25, 0.3) is 0 Å². The molecular formula is C13H20F2O. The lowest BCUT2D eigenvalue weighted by Crippen LogP contribution is -2.06. The summed E-state index contributed by atoms with van der Waals surface area (Å²) in [6.45, 7) is 6.91. The third kappa shape index (κ3) is 4.17. The van der Waals surface area contributed by atoms with Gasteiger partial charge in [-0.25, -0.2) is 0 Å². The van der Waals surface area contributed by atoms with Gasteiger partial charge in [-0.3, -0.25) is 0 Å². The molecule has 0 saturated heterocycles. The highest BCUT2D eigenvalue weighted by molar-refractivity contribution is 5.42. The number of rotatable bonds is 3. The van der Waals surface area contributed by atoms with E-state index >= 15 is 0 Å². The summed E-state index contributed by atoms with van der Waals surface area (Å²) in [6.07, 6.45) is 0. The lowest BCUT2D eigenvalue weighted by atomic mass is 10.00. The topological polar surface area (TPSA) is 9.23 Å². The molecule has 0 aliphatic rings. The standard InChI is InChI=1S/C11H14F2O.C2H6/c1-7(2)9-6-4-5-8(3)10(9)14-11(12)13;1-2/h4-7,11H,1-3H3;1-2H3. The second-order valence-electron chi connectivity index (χ2n) is 3.53. The second kappa shape index (κ2) is 7.20. The van der Waals surface area contributed by atoms with Gasteiger partial charge in [-0.15, -0.1) is 0 Å². The van der Waals surface area contributed by atoms with Crippen molar-refractivity contribution in [2.24, 2.45) is 0 Å². The third-order valence-corrected chi connectivity index (χ3v) is 2.07. The van der Waals surface area contributed by atoms with Crippen LogP contribution in [0.5, 0.6) is 5.75 Å². The van der Waals surface area contributed by atoms with Crippen LogP contribution in [0.2, 0.25) is 0 Å². The quantitative estimate of drug-likeness (QED) is 0.728. The first-order valence-electron chi connectivity index (χ1n) is 5.56. The van der Waals surface area contributed by atoms with E-state index < -0.39 is 6.61 Å². The normalized spacial score (nSPS) is 10.1. The molecule has 92 valence electrons. The van der Waals surface area contributed by atoms with Gasteiger partial charge < -0.3 is 4.74 Å². The van der Waals surface area contributed by atoms with Gasteiger partial charge in [-0.05, 0) is 24.0 Å². The lowest BCUT2D eigenvalue weighted by molar-refractivity contribution is -0.0510. The largest absolute Gasteiger partial charge is 0.434 e. The maximum Gasteiger partial charge on any atom is 0.387 e. The van der Waals surface area contributed by atoms with Crippen molar-refractivity contribution in [1.82, 2.24) is 0 Å². The summed E-state index contributed by atoms with van der Waals surface area (Å²) in [5.41, 5.74) is 1.57. The average Bonchev–Trinajstić information content (AvgIpc) is 2.23. The third-order valence-electron chi connectivity index (χ3n) is 2.07. The molecule has 3 heteroatoms. The Morgan fingerprint density at radius 1 is 1.12 bits per heavy atom. The highest BCUT2D eigenvalue weighted by atomic mass is 19.3. The van der Waals surface area contributed by atoms with E-state index in [0.717, 1.165) is 11.1 Å². The fourth-order valence-electron chi connectivity index (χ4n) is 1.38. The van der Waals surface area contributed by atoms with Crippen LogP contribution in [0, 0.1) is 6.92 Å². The molecule has 0 bridgehead atoms. The first-order valence-corrected chi connectivity index (χ1v) is 5.56. The Bertz CT molecular complexity index is 309. The summed E-state index contributed by atoms with van der Waals surface area (Å²) in [6, 6.07) is 5.43. The summed E-state index contributed by atoms with van der Waals surface area (Å²) >= 11 is 0. The van der Waals surface area contributed by atoms with Gasteiger partial charge in [-0.2, -0.15) is 8.78 Å². The summed E-state index contributed by atoms with van der Waals surface area (Å²) in [5, 5.41) is 0. The predicted octanol–water partition coefficient (Wildman–Crippen LogP) is 4.75. The SMILES string of the molecule is CC.Cc1cccc(C(C)C)c1OC(F)F. The first kappa shape index (κ1) is 14.9. The Morgan fingerprint density at radius 3 is 2.12 bits per heavy atom. The van der Waals surface area contributed by atoms with Gasteiger partial charge in [0.15, 0.2) is 0 Å². The zero-order valence-electron chi connectivity index (χ0n) is 10.6. The van der Waals surface area contributed by atoms with Gasteiger partial charge in [0.05, 0.1) is 0 Å². The Labute approximate surface area is 96.4 Å². The summed E-state index contributed by atoms with van der Waals surface area (Å²) in [4.78, 5) is 0. The highest BCUT2D eigenvalue weighted by Crippen LogP contribution is 2.30. The number of alkyl halides is 2. The molecule has 1 aromatic rings. The van der Waals surface area contributed by atoms with Crippen LogP contribution in [-0.2, 0) is 0 Å². The lowest BCUT2D eigenvalue weighted by Gasteiger charge is -2.15. The zero-order valence-corrected chi connectivity index (χ0v) is 10.6. The molecule has 0 amide bonds. The van der Waals surface area contributed by atoms with Crippen molar-refractivity contribution in [2.45, 2.75) is 47.1 Å². The zero-order chi connectivity index (χ0) is 12.7. The molecule has 16 heavy (non-hydrogen) atoms. The van der Waals surface area contributed by atoms with Crippen LogP contribution in [0.4, 0.5) is 8.78 Å². The van der Waals surface area contributed by atoms with E-state index in [0.29, 0.717) is 5.75 Å². The van der Waals surface area contributed by atoms with Gasteiger partial charge in [0, 0.05) is 0 Å². The molecule has 0 saturated carbocycles. The minimum atomic E-state index is -2.76. The van der Waals surface area contributed by atoms with Crippen LogP contribution in [-0.4, -0.2) is 6.61 Å². The molecule has 0 atom stereocenters. The Balaban J connectivity index is 0.00000106. The molecule has 0 unspecified atom stereocenters. The molecular weight excluding hydrogens is 210 g/mol.